The van der Waals surface area contributed by atoms with Gasteiger partial charge in [-0.2, -0.15) is 4.31 Å². The highest BCUT2D eigenvalue weighted by atomic mass is 32.2. The van der Waals surface area contributed by atoms with Gasteiger partial charge in [0.1, 0.15) is 22.0 Å². The zero-order chi connectivity index (χ0) is 15.8. The molecule has 1 saturated heterocycles. The molecule has 0 aliphatic carbocycles. The predicted octanol–water partition coefficient (Wildman–Crippen LogP) is 0.105. The summed E-state index contributed by atoms with van der Waals surface area (Å²) in [7, 11) is -4.03. The first-order valence-electron chi connectivity index (χ1n) is 6.35. The van der Waals surface area contributed by atoms with Crippen molar-refractivity contribution < 1.29 is 27.5 Å². The summed E-state index contributed by atoms with van der Waals surface area (Å²) >= 11 is 0. The summed E-state index contributed by atoms with van der Waals surface area (Å²) in [5.41, 5.74) is -0.351. The van der Waals surface area contributed by atoms with Crippen molar-refractivity contribution in [2.24, 2.45) is 0 Å². The van der Waals surface area contributed by atoms with E-state index in [4.69, 9.17) is 4.42 Å². The van der Waals surface area contributed by atoms with Crippen LogP contribution in [0.4, 0.5) is 0 Å². The van der Waals surface area contributed by atoms with Crippen molar-refractivity contribution in [2.75, 3.05) is 19.6 Å². The van der Waals surface area contributed by atoms with Gasteiger partial charge in [-0.05, 0) is 13.8 Å². The van der Waals surface area contributed by atoms with Crippen molar-refractivity contribution in [3.8, 4) is 0 Å². The van der Waals surface area contributed by atoms with Gasteiger partial charge < -0.3 is 14.8 Å². The number of rotatable bonds is 3. The number of aryl methyl sites for hydroxylation is 2. The third kappa shape index (κ3) is 2.79. The van der Waals surface area contributed by atoms with E-state index < -0.39 is 16.0 Å². The van der Waals surface area contributed by atoms with Gasteiger partial charge in [0.05, 0.1) is 0 Å². The molecule has 1 aromatic heterocycles. The number of carbonyl (C=O) groups excluding carboxylic acids is 1. The Kier molecular flexibility index (Phi) is 4.06. The lowest BCUT2D eigenvalue weighted by atomic mass is 10.2. The van der Waals surface area contributed by atoms with Gasteiger partial charge in [0.15, 0.2) is 0 Å². The highest BCUT2D eigenvalue weighted by Crippen LogP contribution is 2.29. The van der Waals surface area contributed by atoms with E-state index >= 15 is 0 Å². The Morgan fingerprint density at radius 2 is 1.95 bits per heavy atom. The summed E-state index contributed by atoms with van der Waals surface area (Å²) in [5, 5.41) is 11.8. The van der Waals surface area contributed by atoms with Gasteiger partial charge >= 0.3 is 5.97 Å². The number of furan rings is 1. The lowest BCUT2D eigenvalue weighted by Crippen LogP contribution is -2.35. The maximum atomic E-state index is 12.7. The summed E-state index contributed by atoms with van der Waals surface area (Å²) < 4.78 is 31.6. The Bertz CT molecular complexity index is 691. The van der Waals surface area contributed by atoms with Crippen molar-refractivity contribution in [2.45, 2.75) is 25.2 Å². The minimum absolute atomic E-state index is 0.0108. The maximum Gasteiger partial charge on any atom is 0.340 e. The van der Waals surface area contributed by atoms with Gasteiger partial charge in [-0.15, -0.1) is 0 Å². The van der Waals surface area contributed by atoms with E-state index in [1.54, 1.807) is 0 Å². The molecule has 1 fully saturated rings. The number of sulfonamides is 1. The number of amides is 1. The third-order valence-corrected chi connectivity index (χ3v) is 5.34. The lowest BCUT2D eigenvalue weighted by molar-refractivity contribution is -0.120. The van der Waals surface area contributed by atoms with Gasteiger partial charge in [0.2, 0.25) is 15.9 Å². The van der Waals surface area contributed by atoms with E-state index in [0.29, 0.717) is 0 Å². The fourth-order valence-electron chi connectivity index (χ4n) is 2.34. The minimum Gasteiger partial charge on any atom is -0.478 e. The summed E-state index contributed by atoms with van der Waals surface area (Å²) in [5.74, 6) is -1.51. The van der Waals surface area contributed by atoms with Crippen LogP contribution in [0.25, 0.3) is 0 Å². The van der Waals surface area contributed by atoms with Crippen molar-refractivity contribution in [1.82, 2.24) is 9.62 Å². The Morgan fingerprint density at radius 3 is 2.57 bits per heavy atom. The van der Waals surface area contributed by atoms with E-state index in [1.165, 1.54) is 13.8 Å². The molecule has 0 atom stereocenters. The van der Waals surface area contributed by atoms with Gasteiger partial charge in [-0.3, -0.25) is 4.79 Å². The molecular weight excluding hydrogens is 300 g/mol. The van der Waals surface area contributed by atoms with Gasteiger partial charge in [-0.25, -0.2) is 13.2 Å². The molecule has 1 amide bonds. The van der Waals surface area contributed by atoms with Crippen LogP contribution in [0, 0.1) is 13.8 Å². The van der Waals surface area contributed by atoms with Crippen molar-refractivity contribution >= 4 is 21.9 Å². The molecule has 2 N–H and O–H groups in total. The first-order chi connectivity index (χ1) is 9.75. The fraction of sp³-hybridized carbons (Fsp3) is 0.500. The molecule has 0 radical (unpaired) electrons. The molecule has 0 spiro atoms. The standard InChI is InChI=1S/C12H16N2O6S/c1-7-10(12(16)17)11(8(2)20-7)21(18,19)14-5-3-9(15)13-4-6-14/h3-6H2,1-2H3,(H,13,15)(H,16,17). The zero-order valence-electron chi connectivity index (χ0n) is 11.7. The number of nitrogens with one attached hydrogen (secondary N) is 1. The van der Waals surface area contributed by atoms with Crippen LogP contribution in [0.15, 0.2) is 9.31 Å². The smallest absolute Gasteiger partial charge is 0.340 e. The number of carboxylic acid groups (broad SMARTS) is 1. The number of aromatic carboxylic acids is 1. The van der Waals surface area contributed by atoms with Gasteiger partial charge in [0, 0.05) is 26.1 Å². The monoisotopic (exact) mass is 316 g/mol. The summed E-state index contributed by atoms with van der Waals surface area (Å²) in [6.07, 6.45) is 0.0392. The second kappa shape index (κ2) is 5.49. The predicted molar refractivity (Wildman–Crippen MR) is 71.5 cm³/mol. The third-order valence-electron chi connectivity index (χ3n) is 3.29. The second-order valence-corrected chi connectivity index (χ2v) is 6.60. The number of hydrogen-bond acceptors (Lipinski definition) is 5. The number of carbonyl (C=O) groups is 2. The van der Waals surface area contributed by atoms with Crippen LogP contribution in [0.1, 0.15) is 28.3 Å². The molecule has 2 heterocycles. The van der Waals surface area contributed by atoms with E-state index in [9.17, 15) is 23.1 Å². The molecule has 8 nitrogen and oxygen atoms in total. The Morgan fingerprint density at radius 1 is 1.29 bits per heavy atom. The Balaban J connectivity index is 2.49. The maximum absolute atomic E-state index is 12.7. The molecule has 0 bridgehead atoms. The largest absolute Gasteiger partial charge is 0.478 e. The molecule has 1 aliphatic heterocycles. The number of carboxylic acids is 1. The molecule has 9 heteroatoms. The molecule has 116 valence electrons. The quantitative estimate of drug-likeness (QED) is 0.817. The molecule has 1 aliphatic rings. The van der Waals surface area contributed by atoms with E-state index in [1.807, 2.05) is 0 Å². The topological polar surface area (TPSA) is 117 Å². The zero-order valence-corrected chi connectivity index (χ0v) is 12.5. The van der Waals surface area contributed by atoms with Crippen molar-refractivity contribution in [3.63, 3.8) is 0 Å². The van der Waals surface area contributed by atoms with Crippen LogP contribution in [-0.2, 0) is 14.8 Å². The van der Waals surface area contributed by atoms with E-state index in [2.05, 4.69) is 5.32 Å². The van der Waals surface area contributed by atoms with Crippen LogP contribution < -0.4 is 5.32 Å². The highest BCUT2D eigenvalue weighted by Gasteiger charge is 2.35. The van der Waals surface area contributed by atoms with E-state index in [0.717, 1.165) is 4.31 Å². The Hall–Kier alpha value is -1.87. The molecule has 2 rings (SSSR count). The summed E-state index contributed by atoms with van der Waals surface area (Å²) in [4.78, 5) is 22.3. The Labute approximate surface area is 121 Å². The van der Waals surface area contributed by atoms with Crippen LogP contribution >= 0.6 is 0 Å². The number of hydrogen-bond donors (Lipinski definition) is 2. The molecule has 0 saturated carbocycles. The highest BCUT2D eigenvalue weighted by molar-refractivity contribution is 7.89. The summed E-state index contributed by atoms with van der Waals surface area (Å²) in [6.45, 7) is 3.11. The summed E-state index contributed by atoms with van der Waals surface area (Å²) in [6, 6.07) is 0. The van der Waals surface area contributed by atoms with Crippen LogP contribution in [0.2, 0.25) is 0 Å². The SMILES string of the molecule is Cc1oc(C)c(S(=O)(=O)N2CCNC(=O)CC2)c1C(=O)O. The van der Waals surface area contributed by atoms with Gasteiger partial charge in [-0.1, -0.05) is 0 Å². The first kappa shape index (κ1) is 15.5. The normalized spacial score (nSPS) is 17.3. The van der Waals surface area contributed by atoms with Crippen LogP contribution in [0.3, 0.4) is 0 Å². The molecule has 0 aromatic carbocycles. The average molecular weight is 316 g/mol. The van der Waals surface area contributed by atoms with Gasteiger partial charge in [0.25, 0.3) is 0 Å². The van der Waals surface area contributed by atoms with Crippen LogP contribution in [-0.4, -0.2) is 49.3 Å². The molecular formula is C12H16N2O6S. The molecule has 21 heavy (non-hydrogen) atoms. The van der Waals surface area contributed by atoms with Crippen molar-refractivity contribution in [3.05, 3.63) is 17.1 Å². The molecule has 0 unspecified atom stereocenters. The van der Waals surface area contributed by atoms with Crippen molar-refractivity contribution in [1.29, 1.82) is 0 Å². The fourth-order valence-corrected chi connectivity index (χ4v) is 4.15. The number of nitrogens with zero attached hydrogens (tertiary/aromatic N) is 1. The minimum atomic E-state index is -4.03. The second-order valence-electron chi connectivity index (χ2n) is 4.73. The van der Waals surface area contributed by atoms with Crippen LogP contribution in [0.5, 0.6) is 0 Å². The average Bonchev–Trinajstić information content (AvgIpc) is 2.55. The lowest BCUT2D eigenvalue weighted by Gasteiger charge is -2.19. The molecule has 1 aromatic rings. The first-order valence-corrected chi connectivity index (χ1v) is 7.79. The van der Waals surface area contributed by atoms with E-state index in [-0.39, 0.29) is 53.9 Å².